The Morgan fingerprint density at radius 2 is 1.88 bits per heavy atom. The summed E-state index contributed by atoms with van der Waals surface area (Å²) in [5.41, 5.74) is -1.16. The number of nitrogens with zero attached hydrogens (tertiary/aromatic N) is 3. The number of carbonyl (C=O) groups is 4. The van der Waals surface area contributed by atoms with Crippen molar-refractivity contribution in [2.24, 2.45) is 5.10 Å². The van der Waals surface area contributed by atoms with E-state index < -0.39 is 29.2 Å². The Hall–Kier alpha value is -2.55. The van der Waals surface area contributed by atoms with Crippen molar-refractivity contribution in [3.8, 4) is 0 Å². The highest BCUT2D eigenvalue weighted by molar-refractivity contribution is 9.10. The molecule has 0 aromatic heterocycles. The molecule has 2 heterocycles. The highest BCUT2D eigenvalue weighted by atomic mass is 79.9. The van der Waals surface area contributed by atoms with Crippen molar-refractivity contribution in [2.75, 3.05) is 11.5 Å². The highest BCUT2D eigenvalue weighted by Gasteiger charge is 2.61. The number of benzene rings is 1. The lowest BCUT2D eigenvalue weighted by Gasteiger charge is -2.28. The Balaban J connectivity index is 1.98. The van der Waals surface area contributed by atoms with Crippen LogP contribution < -0.4 is 4.90 Å². The molecule has 0 unspecified atom stereocenters. The van der Waals surface area contributed by atoms with Gasteiger partial charge in [0, 0.05) is 17.8 Å². The number of anilines is 1. The second-order valence-corrected chi connectivity index (χ2v) is 6.91. The topological polar surface area (TPSA) is 96.3 Å². The van der Waals surface area contributed by atoms with E-state index in [1.54, 1.807) is 31.2 Å². The minimum Gasteiger partial charge on any atom is -0.461 e. The highest BCUT2D eigenvalue weighted by Crippen LogP contribution is 2.40. The van der Waals surface area contributed by atoms with Gasteiger partial charge in [0.05, 0.1) is 18.7 Å². The van der Waals surface area contributed by atoms with Crippen molar-refractivity contribution in [3.63, 3.8) is 0 Å². The van der Waals surface area contributed by atoms with Crippen molar-refractivity contribution in [1.82, 2.24) is 5.01 Å². The van der Waals surface area contributed by atoms with Crippen molar-refractivity contribution in [2.45, 2.75) is 32.2 Å². The van der Waals surface area contributed by atoms with Crippen LogP contribution in [-0.2, 0) is 23.9 Å². The molecule has 8 nitrogen and oxygen atoms in total. The Morgan fingerprint density at radius 1 is 1.23 bits per heavy atom. The van der Waals surface area contributed by atoms with Gasteiger partial charge >= 0.3 is 5.97 Å². The zero-order chi connectivity index (χ0) is 19.1. The van der Waals surface area contributed by atoms with Crippen LogP contribution in [0.4, 0.5) is 5.69 Å². The Bertz CT molecular complexity index is 835. The van der Waals surface area contributed by atoms with Gasteiger partial charge in [-0.15, -0.1) is 0 Å². The quantitative estimate of drug-likeness (QED) is 0.545. The summed E-state index contributed by atoms with van der Waals surface area (Å²) in [6.07, 6.45) is -0.392. The van der Waals surface area contributed by atoms with Crippen molar-refractivity contribution in [3.05, 3.63) is 28.7 Å². The van der Waals surface area contributed by atoms with E-state index in [0.717, 1.165) is 14.4 Å². The number of imide groups is 1. The van der Waals surface area contributed by atoms with Crippen LogP contribution in [0.1, 0.15) is 26.7 Å². The van der Waals surface area contributed by atoms with Gasteiger partial charge in [0.1, 0.15) is 5.71 Å². The molecule has 3 rings (SSSR count). The molecule has 2 aliphatic heterocycles. The zero-order valence-electron chi connectivity index (χ0n) is 14.2. The van der Waals surface area contributed by atoms with Gasteiger partial charge in [-0.05, 0) is 31.2 Å². The minimum atomic E-state index is -1.52. The Kier molecular flexibility index (Phi) is 4.66. The van der Waals surface area contributed by atoms with Crippen LogP contribution in [0.15, 0.2) is 33.8 Å². The molecular weight excluding hydrogens is 406 g/mol. The van der Waals surface area contributed by atoms with Crippen LogP contribution in [0.2, 0.25) is 0 Å². The first-order chi connectivity index (χ1) is 12.3. The normalized spacial score (nSPS) is 22.2. The maximum Gasteiger partial charge on any atom is 0.354 e. The number of esters is 1. The largest absolute Gasteiger partial charge is 0.461 e. The van der Waals surface area contributed by atoms with E-state index in [2.05, 4.69) is 21.0 Å². The molecule has 1 aromatic carbocycles. The number of hydrogen-bond donors (Lipinski definition) is 0. The summed E-state index contributed by atoms with van der Waals surface area (Å²) in [5.74, 6) is -2.26. The van der Waals surface area contributed by atoms with Crippen LogP contribution in [0.5, 0.6) is 0 Å². The van der Waals surface area contributed by atoms with Crippen molar-refractivity contribution in [1.29, 1.82) is 0 Å². The molecular formula is C17H16BrN3O5. The number of rotatable bonds is 3. The lowest BCUT2D eigenvalue weighted by molar-refractivity contribution is -0.141. The molecule has 0 N–H and O–H groups in total. The predicted molar refractivity (Wildman–Crippen MR) is 95.2 cm³/mol. The third kappa shape index (κ3) is 2.82. The molecule has 0 bridgehead atoms. The summed E-state index contributed by atoms with van der Waals surface area (Å²) in [7, 11) is 0. The maximum atomic E-state index is 13.1. The molecule has 136 valence electrons. The number of amides is 3. The second kappa shape index (κ2) is 6.64. The van der Waals surface area contributed by atoms with Gasteiger partial charge < -0.3 is 4.74 Å². The van der Waals surface area contributed by atoms with Gasteiger partial charge in [-0.2, -0.15) is 5.10 Å². The molecule has 9 heteroatoms. The molecule has 3 amide bonds. The molecule has 2 aliphatic rings. The summed E-state index contributed by atoms with van der Waals surface area (Å²) in [5, 5.41) is 4.93. The molecule has 1 saturated heterocycles. The van der Waals surface area contributed by atoms with Crippen LogP contribution in [0.25, 0.3) is 0 Å². The SMILES string of the molecule is CCOC(=O)C1=NN(C(C)=O)[C@@]2(CC(=O)N(c3ccc(Br)cc3)C2=O)C1. The van der Waals surface area contributed by atoms with Gasteiger partial charge in [0.25, 0.3) is 5.91 Å². The van der Waals surface area contributed by atoms with E-state index in [0.29, 0.717) is 5.69 Å². The zero-order valence-corrected chi connectivity index (χ0v) is 15.8. The number of carbonyl (C=O) groups excluding carboxylic acids is 4. The number of hydrazone groups is 1. The van der Waals surface area contributed by atoms with E-state index in [4.69, 9.17) is 4.74 Å². The third-order valence-electron chi connectivity index (χ3n) is 4.27. The standard InChI is InChI=1S/C17H16BrN3O5/c1-3-26-15(24)13-8-17(21(19-13)10(2)22)9-14(23)20(16(17)25)12-6-4-11(18)5-7-12/h4-7H,3,8-9H2,1-2H3/t17-/m1/s1. The fourth-order valence-corrected chi connectivity index (χ4v) is 3.45. The van der Waals surface area contributed by atoms with E-state index >= 15 is 0 Å². The fraction of sp³-hybridized carbons (Fsp3) is 0.353. The first kappa shape index (κ1) is 18.2. The van der Waals surface area contributed by atoms with Crippen LogP contribution >= 0.6 is 15.9 Å². The number of halogens is 1. The molecule has 0 radical (unpaired) electrons. The first-order valence-corrected chi connectivity index (χ1v) is 8.78. The smallest absolute Gasteiger partial charge is 0.354 e. The lowest BCUT2D eigenvalue weighted by atomic mass is 9.91. The molecule has 1 atom stereocenters. The summed E-state index contributed by atoms with van der Waals surface area (Å²) < 4.78 is 5.72. The van der Waals surface area contributed by atoms with E-state index in [1.165, 1.54) is 6.92 Å². The summed E-state index contributed by atoms with van der Waals surface area (Å²) in [6.45, 7) is 3.02. The molecule has 1 spiro atoms. The molecule has 0 saturated carbocycles. The van der Waals surface area contributed by atoms with Crippen molar-refractivity contribution >= 4 is 51.0 Å². The Morgan fingerprint density at radius 3 is 2.46 bits per heavy atom. The van der Waals surface area contributed by atoms with Gasteiger partial charge in [0.2, 0.25) is 11.8 Å². The molecule has 26 heavy (non-hydrogen) atoms. The van der Waals surface area contributed by atoms with Crippen LogP contribution in [0.3, 0.4) is 0 Å². The summed E-state index contributed by atoms with van der Waals surface area (Å²) in [4.78, 5) is 50.8. The molecule has 1 fully saturated rings. The number of ether oxygens (including phenoxy) is 1. The first-order valence-electron chi connectivity index (χ1n) is 7.98. The van der Waals surface area contributed by atoms with Crippen LogP contribution in [0, 0.1) is 0 Å². The Labute approximate surface area is 157 Å². The molecule has 0 aliphatic carbocycles. The minimum absolute atomic E-state index is 0.0409. The average molecular weight is 422 g/mol. The summed E-state index contributed by atoms with van der Waals surface area (Å²) >= 11 is 3.30. The second-order valence-electron chi connectivity index (χ2n) is 5.99. The van der Waals surface area contributed by atoms with Gasteiger partial charge in [0.15, 0.2) is 5.54 Å². The molecule has 1 aromatic rings. The van der Waals surface area contributed by atoms with Crippen LogP contribution in [-0.4, -0.2) is 46.6 Å². The number of hydrogen-bond acceptors (Lipinski definition) is 6. The van der Waals surface area contributed by atoms with Gasteiger partial charge in [-0.3, -0.25) is 14.4 Å². The van der Waals surface area contributed by atoms with E-state index in [1.807, 2.05) is 0 Å². The maximum absolute atomic E-state index is 13.1. The van der Waals surface area contributed by atoms with Gasteiger partial charge in [-0.25, -0.2) is 14.7 Å². The average Bonchev–Trinajstić information content (AvgIpc) is 3.08. The monoisotopic (exact) mass is 421 g/mol. The fourth-order valence-electron chi connectivity index (χ4n) is 3.18. The summed E-state index contributed by atoms with van der Waals surface area (Å²) in [6, 6.07) is 6.66. The lowest BCUT2D eigenvalue weighted by Crippen LogP contribution is -2.51. The third-order valence-corrected chi connectivity index (χ3v) is 4.80. The van der Waals surface area contributed by atoms with Crippen molar-refractivity contribution < 1.29 is 23.9 Å². The predicted octanol–water partition coefficient (Wildman–Crippen LogP) is 1.62. The van der Waals surface area contributed by atoms with Gasteiger partial charge in [-0.1, -0.05) is 15.9 Å². The van der Waals surface area contributed by atoms with E-state index in [-0.39, 0.29) is 25.2 Å². The van der Waals surface area contributed by atoms with E-state index in [9.17, 15) is 19.2 Å².